The van der Waals surface area contributed by atoms with Crippen molar-refractivity contribution >= 4 is 0 Å². The molecule has 2 nitrogen and oxygen atoms in total. The van der Waals surface area contributed by atoms with Crippen molar-refractivity contribution in [2.24, 2.45) is 5.41 Å². The van der Waals surface area contributed by atoms with Gasteiger partial charge in [0.15, 0.2) is 0 Å². The summed E-state index contributed by atoms with van der Waals surface area (Å²) in [4.78, 5) is 2.68. The molecule has 0 saturated carbocycles. The van der Waals surface area contributed by atoms with E-state index in [0.717, 1.165) is 13.1 Å². The van der Waals surface area contributed by atoms with E-state index in [4.69, 9.17) is 0 Å². The fourth-order valence-corrected chi connectivity index (χ4v) is 2.54. The molecule has 1 heterocycles. The number of nitrogens with one attached hydrogen (secondary N) is 1. The largest absolute Gasteiger partial charge is 0.314 e. The minimum atomic E-state index is 0.307. The van der Waals surface area contributed by atoms with Gasteiger partial charge in [-0.2, -0.15) is 0 Å². The van der Waals surface area contributed by atoms with Gasteiger partial charge in [-0.25, -0.2) is 0 Å². The summed E-state index contributed by atoms with van der Waals surface area (Å²) < 4.78 is 0. The number of hydrogen-bond donors (Lipinski definition) is 1. The highest BCUT2D eigenvalue weighted by Crippen LogP contribution is 2.26. The fourth-order valence-electron chi connectivity index (χ4n) is 2.54. The second kappa shape index (κ2) is 5.50. The molecular formula is C14H30N2. The van der Waals surface area contributed by atoms with Crippen LogP contribution in [0.15, 0.2) is 0 Å². The summed E-state index contributed by atoms with van der Waals surface area (Å²) in [6, 6.07) is 0. The first-order valence-corrected chi connectivity index (χ1v) is 6.83. The standard InChI is InChI=1S/C14H30N2/c1-6-7-8-9-16-12-13(2,3)10-15-11-14(16,4)5/h15H,6-12H2,1-5H3. The van der Waals surface area contributed by atoms with Gasteiger partial charge in [0.25, 0.3) is 0 Å². The van der Waals surface area contributed by atoms with Crippen molar-refractivity contribution in [3.63, 3.8) is 0 Å². The third-order valence-corrected chi connectivity index (χ3v) is 3.67. The van der Waals surface area contributed by atoms with Crippen LogP contribution >= 0.6 is 0 Å². The molecule has 1 N–H and O–H groups in total. The fraction of sp³-hybridized carbons (Fsp3) is 1.00. The maximum atomic E-state index is 3.61. The van der Waals surface area contributed by atoms with Crippen LogP contribution in [0.4, 0.5) is 0 Å². The van der Waals surface area contributed by atoms with Crippen molar-refractivity contribution in [2.45, 2.75) is 59.4 Å². The van der Waals surface area contributed by atoms with Crippen LogP contribution in [-0.2, 0) is 0 Å². The summed E-state index contributed by atoms with van der Waals surface area (Å²) in [6.45, 7) is 16.5. The summed E-state index contributed by atoms with van der Waals surface area (Å²) >= 11 is 0. The van der Waals surface area contributed by atoms with E-state index in [1.807, 2.05) is 0 Å². The molecule has 0 bridgehead atoms. The van der Waals surface area contributed by atoms with Gasteiger partial charge in [-0.15, -0.1) is 0 Å². The van der Waals surface area contributed by atoms with Gasteiger partial charge in [0.2, 0.25) is 0 Å². The number of hydrogen-bond acceptors (Lipinski definition) is 2. The van der Waals surface area contributed by atoms with Crippen LogP contribution in [0.25, 0.3) is 0 Å². The predicted octanol–water partition coefficient (Wildman–Crippen LogP) is 2.89. The van der Waals surface area contributed by atoms with Gasteiger partial charge in [-0.1, -0.05) is 33.6 Å². The highest BCUT2D eigenvalue weighted by Gasteiger charge is 2.34. The predicted molar refractivity (Wildman–Crippen MR) is 71.8 cm³/mol. The molecule has 1 aliphatic rings. The molecule has 1 fully saturated rings. The Morgan fingerprint density at radius 1 is 1.06 bits per heavy atom. The zero-order chi connectivity index (χ0) is 12.2. The maximum Gasteiger partial charge on any atom is 0.0277 e. The molecule has 16 heavy (non-hydrogen) atoms. The van der Waals surface area contributed by atoms with E-state index in [-0.39, 0.29) is 0 Å². The molecule has 1 rings (SSSR count). The van der Waals surface area contributed by atoms with Crippen molar-refractivity contribution in [1.29, 1.82) is 0 Å². The molecule has 0 aromatic carbocycles. The van der Waals surface area contributed by atoms with Gasteiger partial charge >= 0.3 is 0 Å². The van der Waals surface area contributed by atoms with E-state index in [9.17, 15) is 0 Å². The average molecular weight is 226 g/mol. The van der Waals surface area contributed by atoms with Gasteiger partial charge in [-0.05, 0) is 32.2 Å². The SMILES string of the molecule is CCCCCN1CC(C)(C)CNCC1(C)C. The van der Waals surface area contributed by atoms with Gasteiger partial charge in [0, 0.05) is 25.2 Å². The molecule has 0 atom stereocenters. The van der Waals surface area contributed by atoms with Crippen LogP contribution in [0.3, 0.4) is 0 Å². The third-order valence-electron chi connectivity index (χ3n) is 3.67. The molecule has 96 valence electrons. The van der Waals surface area contributed by atoms with Crippen LogP contribution in [-0.4, -0.2) is 36.6 Å². The first-order valence-electron chi connectivity index (χ1n) is 6.83. The Hall–Kier alpha value is -0.0800. The Kier molecular flexibility index (Phi) is 4.81. The van der Waals surface area contributed by atoms with E-state index in [1.54, 1.807) is 0 Å². The molecule has 0 spiro atoms. The van der Waals surface area contributed by atoms with Crippen LogP contribution < -0.4 is 5.32 Å². The zero-order valence-corrected chi connectivity index (χ0v) is 11.9. The third kappa shape index (κ3) is 4.06. The summed E-state index contributed by atoms with van der Waals surface area (Å²) in [5.74, 6) is 0. The Labute approximate surface area is 102 Å². The van der Waals surface area contributed by atoms with E-state index in [0.29, 0.717) is 11.0 Å². The summed E-state index contributed by atoms with van der Waals surface area (Å²) in [5.41, 5.74) is 0.710. The van der Waals surface area contributed by atoms with Crippen molar-refractivity contribution in [3.8, 4) is 0 Å². The van der Waals surface area contributed by atoms with Crippen LogP contribution in [0.1, 0.15) is 53.9 Å². The lowest BCUT2D eigenvalue weighted by Gasteiger charge is -2.39. The van der Waals surface area contributed by atoms with Crippen molar-refractivity contribution in [1.82, 2.24) is 10.2 Å². The quantitative estimate of drug-likeness (QED) is 0.742. The van der Waals surface area contributed by atoms with Crippen molar-refractivity contribution in [3.05, 3.63) is 0 Å². The van der Waals surface area contributed by atoms with E-state index in [2.05, 4.69) is 44.8 Å². The van der Waals surface area contributed by atoms with Gasteiger partial charge in [-0.3, -0.25) is 4.90 Å². The molecular weight excluding hydrogens is 196 g/mol. The maximum absolute atomic E-state index is 3.61. The first-order chi connectivity index (χ1) is 7.37. The normalized spacial score (nSPS) is 25.3. The average Bonchev–Trinajstić information content (AvgIpc) is 2.24. The minimum Gasteiger partial charge on any atom is -0.314 e. The highest BCUT2D eigenvalue weighted by molar-refractivity contribution is 4.92. The van der Waals surface area contributed by atoms with Crippen molar-refractivity contribution < 1.29 is 0 Å². The molecule has 0 aromatic rings. The van der Waals surface area contributed by atoms with E-state index < -0.39 is 0 Å². The molecule has 0 unspecified atom stereocenters. The summed E-state index contributed by atoms with van der Waals surface area (Å²) in [5, 5.41) is 3.61. The van der Waals surface area contributed by atoms with Crippen LogP contribution in [0, 0.1) is 5.41 Å². The number of unbranched alkanes of at least 4 members (excludes halogenated alkanes) is 2. The second-order valence-corrected chi connectivity index (χ2v) is 6.71. The first kappa shape index (κ1) is 14.0. The Balaban J connectivity index is 2.59. The molecule has 2 heteroatoms. The van der Waals surface area contributed by atoms with Crippen molar-refractivity contribution in [2.75, 3.05) is 26.2 Å². The molecule has 1 saturated heterocycles. The topological polar surface area (TPSA) is 15.3 Å². The minimum absolute atomic E-state index is 0.307. The van der Waals surface area contributed by atoms with E-state index >= 15 is 0 Å². The Morgan fingerprint density at radius 2 is 1.75 bits per heavy atom. The summed E-state index contributed by atoms with van der Waals surface area (Å²) in [7, 11) is 0. The molecule has 0 aromatic heterocycles. The zero-order valence-electron chi connectivity index (χ0n) is 11.9. The molecule has 0 amide bonds. The summed E-state index contributed by atoms with van der Waals surface area (Å²) in [6.07, 6.45) is 4.02. The Morgan fingerprint density at radius 3 is 2.38 bits per heavy atom. The van der Waals surface area contributed by atoms with Gasteiger partial charge in [0.1, 0.15) is 0 Å². The van der Waals surface area contributed by atoms with Crippen LogP contribution in [0.5, 0.6) is 0 Å². The molecule has 0 aliphatic carbocycles. The smallest absolute Gasteiger partial charge is 0.0277 e. The lowest BCUT2D eigenvalue weighted by Crippen LogP contribution is -2.49. The lowest BCUT2D eigenvalue weighted by atomic mass is 9.92. The number of rotatable bonds is 4. The molecule has 0 radical (unpaired) electrons. The monoisotopic (exact) mass is 226 g/mol. The van der Waals surface area contributed by atoms with Gasteiger partial charge in [0.05, 0.1) is 0 Å². The van der Waals surface area contributed by atoms with Gasteiger partial charge < -0.3 is 5.32 Å². The van der Waals surface area contributed by atoms with Crippen LogP contribution in [0.2, 0.25) is 0 Å². The number of nitrogens with zero attached hydrogens (tertiary/aromatic N) is 1. The van der Waals surface area contributed by atoms with E-state index in [1.165, 1.54) is 32.4 Å². The highest BCUT2D eigenvalue weighted by atomic mass is 15.2. The lowest BCUT2D eigenvalue weighted by molar-refractivity contribution is 0.0981. The Bertz CT molecular complexity index is 209. The molecule has 1 aliphatic heterocycles. The second-order valence-electron chi connectivity index (χ2n) is 6.71.